The Hall–Kier alpha value is 0.400. The molecule has 1 aliphatic heterocycles. The van der Waals surface area contributed by atoms with Gasteiger partial charge in [0.15, 0.2) is 0 Å². The third-order valence-corrected chi connectivity index (χ3v) is 4.84. The second-order valence-corrected chi connectivity index (χ2v) is 5.41. The van der Waals surface area contributed by atoms with E-state index in [9.17, 15) is 5.11 Å². The molecule has 1 heterocycles. The summed E-state index contributed by atoms with van der Waals surface area (Å²) in [5.74, 6) is 3.55. The van der Waals surface area contributed by atoms with Crippen LogP contribution < -0.4 is 0 Å². The molecule has 2 unspecified atom stereocenters. The van der Waals surface area contributed by atoms with Crippen LogP contribution >= 0.6 is 23.5 Å². The van der Waals surface area contributed by atoms with Crippen molar-refractivity contribution in [2.24, 2.45) is 0 Å². The summed E-state index contributed by atoms with van der Waals surface area (Å²) in [6.45, 7) is 3.65. The van der Waals surface area contributed by atoms with E-state index in [-0.39, 0.29) is 6.10 Å². The predicted octanol–water partition coefficient (Wildman–Crippen LogP) is 2.16. The van der Waals surface area contributed by atoms with Crippen LogP contribution in [0.4, 0.5) is 0 Å². The van der Waals surface area contributed by atoms with Crippen LogP contribution in [0.3, 0.4) is 0 Å². The molecule has 1 nitrogen and oxygen atoms in total. The quantitative estimate of drug-likeness (QED) is 0.709. The van der Waals surface area contributed by atoms with E-state index < -0.39 is 0 Å². The van der Waals surface area contributed by atoms with Crippen molar-refractivity contribution in [3.05, 3.63) is 12.7 Å². The van der Waals surface area contributed by atoms with Gasteiger partial charge >= 0.3 is 0 Å². The fourth-order valence-electron chi connectivity index (χ4n) is 1.20. The third-order valence-electron chi connectivity index (χ3n) is 1.94. The number of allylic oxidation sites excluding steroid dienone is 1. The van der Waals surface area contributed by atoms with E-state index in [1.165, 1.54) is 11.5 Å². The van der Waals surface area contributed by atoms with Gasteiger partial charge in [-0.25, -0.2) is 0 Å². The summed E-state index contributed by atoms with van der Waals surface area (Å²) in [5.41, 5.74) is 0. The van der Waals surface area contributed by atoms with Crippen LogP contribution in [-0.2, 0) is 0 Å². The van der Waals surface area contributed by atoms with E-state index in [0.29, 0.717) is 5.25 Å². The van der Waals surface area contributed by atoms with E-state index in [2.05, 4.69) is 6.58 Å². The summed E-state index contributed by atoms with van der Waals surface area (Å²) in [6.07, 6.45) is 3.56. The molecule has 3 heteroatoms. The molecule has 0 aliphatic carbocycles. The molecule has 0 aromatic carbocycles. The minimum atomic E-state index is -0.124. The first-order valence-electron chi connectivity index (χ1n) is 4.33. The van der Waals surface area contributed by atoms with Crippen molar-refractivity contribution in [1.82, 2.24) is 0 Å². The van der Waals surface area contributed by atoms with Crippen molar-refractivity contribution in [2.45, 2.75) is 24.2 Å². The summed E-state index contributed by atoms with van der Waals surface area (Å²) >= 11 is 3.87. The zero-order valence-corrected chi connectivity index (χ0v) is 8.87. The maximum atomic E-state index is 9.72. The molecule has 1 rings (SSSR count). The number of hydrogen-bond acceptors (Lipinski definition) is 3. The molecule has 0 spiro atoms. The maximum absolute atomic E-state index is 9.72. The first-order chi connectivity index (χ1) is 5.84. The lowest BCUT2D eigenvalue weighted by Gasteiger charge is -2.25. The monoisotopic (exact) mass is 204 g/mol. The van der Waals surface area contributed by atoms with Gasteiger partial charge in [0.25, 0.3) is 0 Å². The normalized spacial score (nSPS) is 26.6. The van der Waals surface area contributed by atoms with Crippen molar-refractivity contribution in [2.75, 3.05) is 17.3 Å². The Morgan fingerprint density at radius 1 is 1.58 bits per heavy atom. The molecule has 1 fully saturated rings. The lowest BCUT2D eigenvalue weighted by atomic mass is 10.1. The van der Waals surface area contributed by atoms with E-state index >= 15 is 0 Å². The molecule has 0 aromatic heterocycles. The average molecular weight is 204 g/mol. The molecule has 1 saturated heterocycles. The molecular weight excluding hydrogens is 188 g/mol. The number of aliphatic hydroxyl groups excluding tert-OH is 1. The number of thioether (sulfide) groups is 2. The molecule has 12 heavy (non-hydrogen) atoms. The fourth-order valence-corrected chi connectivity index (χ4v) is 4.01. The highest BCUT2D eigenvalue weighted by Crippen LogP contribution is 2.27. The number of rotatable bonds is 4. The largest absolute Gasteiger partial charge is 0.392 e. The van der Waals surface area contributed by atoms with Crippen LogP contribution in [-0.4, -0.2) is 33.7 Å². The van der Waals surface area contributed by atoms with Gasteiger partial charge in [-0.15, -0.1) is 6.58 Å². The number of hydrogen-bond donors (Lipinski definition) is 1. The maximum Gasteiger partial charge on any atom is 0.0669 e. The molecule has 1 N–H and O–H groups in total. The lowest BCUT2D eigenvalue weighted by molar-refractivity contribution is 0.168. The van der Waals surface area contributed by atoms with Crippen molar-refractivity contribution in [3.63, 3.8) is 0 Å². The third kappa shape index (κ3) is 3.42. The Morgan fingerprint density at radius 2 is 2.42 bits per heavy atom. The van der Waals surface area contributed by atoms with E-state index in [1.807, 2.05) is 29.6 Å². The van der Waals surface area contributed by atoms with Crippen molar-refractivity contribution in [3.8, 4) is 0 Å². The zero-order chi connectivity index (χ0) is 8.81. The summed E-state index contributed by atoms with van der Waals surface area (Å²) in [5, 5.41) is 10.2. The fraction of sp³-hybridized carbons (Fsp3) is 0.778. The van der Waals surface area contributed by atoms with Gasteiger partial charge in [-0.3, -0.25) is 0 Å². The summed E-state index contributed by atoms with van der Waals surface area (Å²) < 4.78 is 0. The van der Waals surface area contributed by atoms with Crippen LogP contribution in [0, 0.1) is 0 Å². The van der Waals surface area contributed by atoms with Crippen molar-refractivity contribution < 1.29 is 5.11 Å². The second kappa shape index (κ2) is 5.95. The smallest absolute Gasteiger partial charge is 0.0669 e. The molecule has 0 amide bonds. The Labute approximate surface area is 83.0 Å². The van der Waals surface area contributed by atoms with Crippen LogP contribution in [0.1, 0.15) is 12.8 Å². The Kier molecular flexibility index (Phi) is 5.19. The molecule has 0 saturated carbocycles. The van der Waals surface area contributed by atoms with Crippen molar-refractivity contribution >= 4 is 23.5 Å². The average Bonchev–Trinajstić information content (AvgIpc) is 2.15. The lowest BCUT2D eigenvalue weighted by Crippen LogP contribution is -2.28. The van der Waals surface area contributed by atoms with E-state index in [0.717, 1.165) is 18.6 Å². The van der Waals surface area contributed by atoms with Gasteiger partial charge < -0.3 is 5.11 Å². The van der Waals surface area contributed by atoms with Gasteiger partial charge in [-0.1, -0.05) is 6.08 Å². The molecule has 0 bridgehead atoms. The van der Waals surface area contributed by atoms with Crippen LogP contribution in [0.25, 0.3) is 0 Å². The van der Waals surface area contributed by atoms with Crippen LogP contribution in [0.2, 0.25) is 0 Å². The van der Waals surface area contributed by atoms with E-state index in [4.69, 9.17) is 0 Å². The first kappa shape index (κ1) is 10.5. The minimum Gasteiger partial charge on any atom is -0.392 e. The summed E-state index contributed by atoms with van der Waals surface area (Å²) in [7, 11) is 0. The van der Waals surface area contributed by atoms with Gasteiger partial charge in [0.05, 0.1) is 6.10 Å². The van der Waals surface area contributed by atoms with Gasteiger partial charge in [0, 0.05) is 22.5 Å². The van der Waals surface area contributed by atoms with Crippen molar-refractivity contribution in [1.29, 1.82) is 0 Å². The molecule has 0 aromatic rings. The molecule has 0 radical (unpaired) electrons. The summed E-state index contributed by atoms with van der Waals surface area (Å²) in [6, 6.07) is 0. The topological polar surface area (TPSA) is 20.2 Å². The molecular formula is C9H16OS2. The summed E-state index contributed by atoms with van der Waals surface area (Å²) in [4.78, 5) is 0. The predicted molar refractivity (Wildman–Crippen MR) is 59.0 cm³/mol. The number of aliphatic hydroxyl groups is 1. The SMILES string of the molecule is C=CCCC(O)C1CSCCS1. The Bertz CT molecular complexity index is 132. The highest BCUT2D eigenvalue weighted by molar-refractivity contribution is 8.06. The highest BCUT2D eigenvalue weighted by atomic mass is 32.2. The van der Waals surface area contributed by atoms with Gasteiger partial charge in [0.1, 0.15) is 0 Å². The Balaban J connectivity index is 2.19. The zero-order valence-electron chi connectivity index (χ0n) is 7.24. The second-order valence-electron chi connectivity index (χ2n) is 2.92. The first-order valence-corrected chi connectivity index (χ1v) is 6.53. The minimum absolute atomic E-state index is 0.124. The molecule has 1 aliphatic rings. The van der Waals surface area contributed by atoms with E-state index in [1.54, 1.807) is 0 Å². The van der Waals surface area contributed by atoms with Gasteiger partial charge in [-0.05, 0) is 12.8 Å². The van der Waals surface area contributed by atoms with Gasteiger partial charge in [-0.2, -0.15) is 23.5 Å². The molecule has 2 atom stereocenters. The highest BCUT2D eigenvalue weighted by Gasteiger charge is 2.21. The Morgan fingerprint density at radius 3 is 3.00 bits per heavy atom. The van der Waals surface area contributed by atoms with Crippen LogP contribution in [0.15, 0.2) is 12.7 Å². The standard InChI is InChI=1S/C9H16OS2/c1-2-3-4-8(10)9-7-11-5-6-12-9/h2,8-10H,1,3-7H2. The van der Waals surface area contributed by atoms with Crippen LogP contribution in [0.5, 0.6) is 0 Å². The van der Waals surface area contributed by atoms with Gasteiger partial charge in [0.2, 0.25) is 0 Å². The molecule has 70 valence electrons.